The smallest absolute Gasteiger partial charge is 0.741 e. The van der Waals surface area contributed by atoms with Crippen LogP contribution >= 0.6 is 32.3 Å². The van der Waals surface area contributed by atoms with Crippen LogP contribution in [0.25, 0.3) is 0 Å². The van der Waals surface area contributed by atoms with Crippen molar-refractivity contribution in [3.63, 3.8) is 0 Å². The summed E-state index contributed by atoms with van der Waals surface area (Å²) in [4.78, 5) is 0. The van der Waals surface area contributed by atoms with Gasteiger partial charge in [-0.25, -0.2) is 16.8 Å². The first kappa shape index (κ1) is 65.6. The van der Waals surface area contributed by atoms with Gasteiger partial charge in [0.05, 0.1) is 12.1 Å². The van der Waals surface area contributed by atoms with Crippen LogP contribution in [0.2, 0.25) is 0 Å². The Labute approximate surface area is 491 Å². The second-order valence-corrected chi connectivity index (χ2v) is 31.7. The summed E-state index contributed by atoms with van der Waals surface area (Å²) in [5.41, 5.74) is -11.3. The summed E-state index contributed by atoms with van der Waals surface area (Å²) >= 11 is 0. The third-order valence-electron chi connectivity index (χ3n) is 13.3. The van der Waals surface area contributed by atoms with Gasteiger partial charge < -0.3 is 9.11 Å². The molecule has 0 atom stereocenters. The van der Waals surface area contributed by atoms with E-state index in [1.165, 1.54) is 93.8 Å². The Kier molecular flexibility index (Phi) is 25.4. The maximum absolute atomic E-state index is 10.7. The fraction of sp³-hybridized carbons (Fsp3) is 0.200. The molecule has 8 aromatic rings. The number of hydrogen-bond acceptors (Lipinski definition) is 8. The van der Waals surface area contributed by atoms with Gasteiger partial charge in [-0.05, 0) is 132 Å². The van der Waals surface area contributed by atoms with Crippen LogP contribution in [-0.2, 0) is 41.3 Å². The van der Waals surface area contributed by atoms with Crippen molar-refractivity contribution in [1.82, 2.24) is 8.88 Å². The predicted octanol–water partition coefficient (Wildman–Crippen LogP) is 11.7. The molecule has 0 radical (unpaired) electrons. The van der Waals surface area contributed by atoms with Gasteiger partial charge in [0, 0.05) is 0 Å². The van der Waals surface area contributed by atoms with Crippen LogP contribution in [0.3, 0.4) is 0 Å². The molecular weight excluding hydrogens is 1340 g/mol. The van der Waals surface area contributed by atoms with Gasteiger partial charge >= 0.3 is 32.1 Å². The maximum atomic E-state index is 10.7. The van der Waals surface area contributed by atoms with Gasteiger partial charge in [0.15, 0.2) is 52.5 Å². The van der Waals surface area contributed by atoms with E-state index in [9.17, 15) is 26.3 Å². The molecule has 2 saturated carbocycles. The van der Waals surface area contributed by atoms with Crippen LogP contribution in [0, 0.1) is 0 Å². The van der Waals surface area contributed by atoms with Crippen molar-refractivity contribution < 1.29 is 73.3 Å². The summed E-state index contributed by atoms with van der Waals surface area (Å²) in [5, 5.41) is 11.9. The molecule has 21 heteroatoms. The SMILES string of the molecule is O=S(=O)([O-])C(F)(F)F.O=S(=O)([O-])C(F)(F)F.[Pt+2].c1ccc([PH+](c2ccccc2)N(C2CCCC2)[PH+](c2ccccc2)c2ccccc2)cc1.c1ccc([PH+](c2ccccc2)N(C2CCCC2)[PH+](c2ccccc2)c2ccccc2)cc1. The van der Waals surface area contributed by atoms with E-state index in [2.05, 4.69) is 252 Å². The predicted molar refractivity (Wildman–Crippen MR) is 322 cm³/mol. The summed E-state index contributed by atoms with van der Waals surface area (Å²) in [5.74, 6) is 0. The zero-order chi connectivity index (χ0) is 57.2. The molecule has 8 aromatic carbocycles. The Balaban J connectivity index is 0.000000204. The number of halogens is 6. The Hall–Kier alpha value is -4.51. The van der Waals surface area contributed by atoms with Crippen LogP contribution in [0.1, 0.15) is 51.4 Å². The first-order valence-electron chi connectivity index (χ1n) is 25.9. The molecule has 0 spiro atoms. The van der Waals surface area contributed by atoms with Gasteiger partial charge in [-0.2, -0.15) is 26.3 Å². The molecular formula is C60H62F6N2O6P4PtS2+4. The van der Waals surface area contributed by atoms with Crippen LogP contribution < -0.4 is 42.4 Å². The number of alkyl halides is 6. The van der Waals surface area contributed by atoms with Crippen molar-refractivity contribution in [3.05, 3.63) is 243 Å². The quantitative estimate of drug-likeness (QED) is 0.0457. The number of benzene rings is 8. The largest absolute Gasteiger partial charge is 2.00 e. The minimum atomic E-state index is -6.09. The Morgan fingerprint density at radius 2 is 0.432 bits per heavy atom. The van der Waals surface area contributed by atoms with E-state index in [0.717, 1.165) is 0 Å². The van der Waals surface area contributed by atoms with Gasteiger partial charge in [-0.1, -0.05) is 171 Å². The van der Waals surface area contributed by atoms with E-state index in [1.54, 1.807) is 0 Å². The first-order valence-corrected chi connectivity index (χ1v) is 34.5. The summed E-state index contributed by atoms with van der Waals surface area (Å²) in [6, 6.07) is 91.7. The average Bonchev–Trinajstić information content (AvgIpc) is 4.43. The van der Waals surface area contributed by atoms with Crippen LogP contribution in [-0.4, -0.2) is 57.9 Å². The molecule has 0 aliphatic heterocycles. The molecule has 81 heavy (non-hydrogen) atoms. The molecule has 428 valence electrons. The van der Waals surface area contributed by atoms with E-state index < -0.39 is 63.5 Å². The molecule has 2 fully saturated rings. The fourth-order valence-corrected chi connectivity index (χ4v) is 24.8. The summed E-state index contributed by atoms with van der Waals surface area (Å²) < 4.78 is 124. The minimum Gasteiger partial charge on any atom is -0.741 e. The summed E-state index contributed by atoms with van der Waals surface area (Å²) in [7, 11) is -16.7. The van der Waals surface area contributed by atoms with Crippen molar-refractivity contribution in [2.45, 2.75) is 74.5 Å². The van der Waals surface area contributed by atoms with Gasteiger partial charge in [0.2, 0.25) is 0 Å². The molecule has 0 bridgehead atoms. The second kappa shape index (κ2) is 31.4. The second-order valence-electron chi connectivity index (χ2n) is 18.7. The number of nitrogens with zero attached hydrogens (tertiary/aromatic N) is 2. The monoisotopic (exact) mass is 1400 g/mol. The van der Waals surface area contributed by atoms with Crippen LogP contribution in [0.4, 0.5) is 26.3 Å². The standard InChI is InChI=1S/2C29H29NP2.2CHF3O3S.Pt/c2*1-5-17-26(18-6-1)31(27-19-7-2-8-20-27)30(25-15-13-14-16-25)32(28-21-9-3-10-22-28)29-23-11-4-12-24-29;2*2-1(3,4)8(5,6)7;/h2*1-12,17-25H,13-16H2;2*(H,5,6,7);/q;;;;+2/p+2. The van der Waals surface area contributed by atoms with Crippen molar-refractivity contribution in [1.29, 1.82) is 0 Å². The van der Waals surface area contributed by atoms with Gasteiger partial charge in [0.25, 0.3) is 0 Å². The van der Waals surface area contributed by atoms with E-state index in [1.807, 2.05) is 0 Å². The minimum absolute atomic E-state index is 0. The molecule has 8 nitrogen and oxygen atoms in total. The van der Waals surface area contributed by atoms with E-state index in [0.29, 0.717) is 12.1 Å². The summed E-state index contributed by atoms with van der Waals surface area (Å²) in [6.07, 6.45) is 10.6. The molecule has 0 saturated heterocycles. The third kappa shape index (κ3) is 18.7. The van der Waals surface area contributed by atoms with Crippen molar-refractivity contribution in [3.8, 4) is 0 Å². The third-order valence-corrected chi connectivity index (χ3v) is 27.5. The normalized spacial score (nSPS) is 14.2. The molecule has 0 aromatic heterocycles. The van der Waals surface area contributed by atoms with E-state index >= 15 is 0 Å². The fourth-order valence-electron chi connectivity index (χ4n) is 9.83. The van der Waals surface area contributed by atoms with Crippen molar-refractivity contribution in [2.24, 2.45) is 0 Å². The molecule has 0 amide bonds. The zero-order valence-corrected chi connectivity index (χ0v) is 51.6. The summed E-state index contributed by atoms with van der Waals surface area (Å²) in [6.45, 7) is 0. The van der Waals surface area contributed by atoms with Crippen LogP contribution in [0.15, 0.2) is 243 Å². The molecule has 10 rings (SSSR count). The zero-order valence-electron chi connectivity index (χ0n) is 43.6. The number of hydrogen-bond donors (Lipinski definition) is 0. The maximum Gasteiger partial charge on any atom is 2.00 e. The Morgan fingerprint density at radius 3 is 0.543 bits per heavy atom. The van der Waals surface area contributed by atoms with Crippen molar-refractivity contribution in [2.75, 3.05) is 0 Å². The average molecular weight is 1400 g/mol. The van der Waals surface area contributed by atoms with Gasteiger partial charge in [-0.3, -0.25) is 0 Å². The van der Waals surface area contributed by atoms with E-state index in [-0.39, 0.29) is 21.1 Å². The molecule has 0 unspecified atom stereocenters. The molecule has 2 aliphatic rings. The van der Waals surface area contributed by atoms with Crippen LogP contribution in [0.5, 0.6) is 0 Å². The molecule has 0 N–H and O–H groups in total. The van der Waals surface area contributed by atoms with Gasteiger partial charge in [-0.15, -0.1) is 0 Å². The molecule has 0 heterocycles. The first-order chi connectivity index (χ1) is 38.3. The Morgan fingerprint density at radius 1 is 0.309 bits per heavy atom. The number of rotatable bonds is 14. The Bertz CT molecular complexity index is 2750. The topological polar surface area (TPSA) is 121 Å². The molecule has 2 aliphatic carbocycles. The van der Waals surface area contributed by atoms with E-state index in [4.69, 9.17) is 25.9 Å². The van der Waals surface area contributed by atoms with Crippen molar-refractivity contribution >= 4 is 95.0 Å². The van der Waals surface area contributed by atoms with Gasteiger partial charge in [0.1, 0.15) is 42.4 Å².